The van der Waals surface area contributed by atoms with Crippen LogP contribution in [0.4, 0.5) is 0 Å². The van der Waals surface area contributed by atoms with Gasteiger partial charge in [-0.3, -0.25) is 0 Å². The van der Waals surface area contributed by atoms with Gasteiger partial charge < -0.3 is 5.11 Å². The highest BCUT2D eigenvalue weighted by Gasteiger charge is 2.58. The van der Waals surface area contributed by atoms with Crippen LogP contribution in [-0.2, 0) is 0 Å². The number of hydrogen-bond acceptors (Lipinski definition) is 1. The zero-order valence-corrected chi connectivity index (χ0v) is 13.9. The summed E-state index contributed by atoms with van der Waals surface area (Å²) in [5.74, 6) is 5.98. The summed E-state index contributed by atoms with van der Waals surface area (Å²) in [5, 5.41) is 9.93. The minimum absolute atomic E-state index is 0.178. The van der Waals surface area contributed by atoms with E-state index in [1.165, 1.54) is 37.7 Å². The molecule has 0 bridgehead atoms. The minimum atomic E-state index is -0.370. The highest BCUT2D eigenvalue weighted by molar-refractivity contribution is 5.33. The van der Waals surface area contributed by atoms with E-state index in [4.69, 9.17) is 6.42 Å². The van der Waals surface area contributed by atoms with Crippen LogP contribution in [-0.4, -0.2) is 11.2 Å². The summed E-state index contributed by atoms with van der Waals surface area (Å²) < 4.78 is 0. The maximum atomic E-state index is 9.93. The normalized spacial score (nSPS) is 53.0. The van der Waals surface area contributed by atoms with Gasteiger partial charge in [-0.05, 0) is 61.7 Å². The molecule has 0 heterocycles. The Morgan fingerprint density at radius 1 is 1.18 bits per heavy atom. The van der Waals surface area contributed by atoms with Crippen molar-refractivity contribution in [1.82, 2.24) is 0 Å². The number of aliphatic hydroxyl groups excluding tert-OH is 1. The van der Waals surface area contributed by atoms with Crippen molar-refractivity contribution in [2.75, 3.05) is 0 Å². The van der Waals surface area contributed by atoms with Crippen molar-refractivity contribution in [3.8, 4) is 12.3 Å². The summed E-state index contributed by atoms with van der Waals surface area (Å²) in [6.07, 6.45) is 19.5. The molecule has 1 nitrogen and oxygen atoms in total. The fourth-order valence-electron chi connectivity index (χ4n) is 6.59. The van der Waals surface area contributed by atoms with Gasteiger partial charge in [-0.15, -0.1) is 12.3 Å². The van der Waals surface area contributed by atoms with Crippen molar-refractivity contribution in [3.63, 3.8) is 0 Å². The van der Waals surface area contributed by atoms with E-state index in [0.29, 0.717) is 11.3 Å². The SMILES string of the molecule is C#CC1CCC2C3CCC4=CC(O)C=CC4(C)C3CCC12C. The zero-order valence-electron chi connectivity index (χ0n) is 13.9. The molecule has 0 aromatic heterocycles. The lowest BCUT2D eigenvalue weighted by Crippen LogP contribution is -2.49. The predicted octanol–water partition coefficient (Wildman–Crippen LogP) is 4.34. The first kappa shape index (κ1) is 14.6. The zero-order chi connectivity index (χ0) is 15.5. The molecular formula is C21H28O. The molecule has 3 fully saturated rings. The molecule has 4 aliphatic carbocycles. The molecule has 0 aliphatic heterocycles. The van der Waals surface area contributed by atoms with Crippen LogP contribution in [0.3, 0.4) is 0 Å². The van der Waals surface area contributed by atoms with Gasteiger partial charge in [0.1, 0.15) is 0 Å². The molecule has 118 valence electrons. The third-order valence-electron chi connectivity index (χ3n) is 7.86. The van der Waals surface area contributed by atoms with E-state index in [1.807, 2.05) is 6.08 Å². The Hall–Kier alpha value is -1.00. The Morgan fingerprint density at radius 2 is 2.00 bits per heavy atom. The lowest BCUT2D eigenvalue weighted by Gasteiger charge is -2.57. The molecule has 0 saturated heterocycles. The van der Waals surface area contributed by atoms with Crippen molar-refractivity contribution in [3.05, 3.63) is 23.8 Å². The number of allylic oxidation sites excluding steroid dienone is 2. The van der Waals surface area contributed by atoms with E-state index >= 15 is 0 Å². The summed E-state index contributed by atoms with van der Waals surface area (Å²) in [6, 6.07) is 0. The Labute approximate surface area is 134 Å². The number of terminal acetylenes is 1. The lowest BCUT2D eigenvalue weighted by atomic mass is 9.48. The molecule has 4 aliphatic rings. The van der Waals surface area contributed by atoms with Gasteiger partial charge in [-0.2, -0.15) is 0 Å². The fourth-order valence-corrected chi connectivity index (χ4v) is 6.59. The summed E-state index contributed by atoms with van der Waals surface area (Å²) in [4.78, 5) is 0. The molecule has 0 aromatic rings. The first-order valence-electron chi connectivity index (χ1n) is 9.04. The monoisotopic (exact) mass is 296 g/mol. The summed E-state index contributed by atoms with van der Waals surface area (Å²) in [6.45, 7) is 4.88. The first-order valence-corrected chi connectivity index (χ1v) is 9.04. The third-order valence-corrected chi connectivity index (χ3v) is 7.86. The van der Waals surface area contributed by atoms with Gasteiger partial charge in [0.25, 0.3) is 0 Å². The van der Waals surface area contributed by atoms with E-state index in [0.717, 1.165) is 24.2 Å². The Balaban J connectivity index is 1.68. The van der Waals surface area contributed by atoms with Crippen molar-refractivity contribution in [2.45, 2.75) is 58.5 Å². The van der Waals surface area contributed by atoms with Crippen LogP contribution in [0.25, 0.3) is 0 Å². The molecule has 1 heteroatoms. The Morgan fingerprint density at radius 3 is 2.77 bits per heavy atom. The van der Waals surface area contributed by atoms with E-state index < -0.39 is 0 Å². The highest BCUT2D eigenvalue weighted by Crippen LogP contribution is 2.65. The number of rotatable bonds is 0. The molecule has 0 aromatic carbocycles. The van der Waals surface area contributed by atoms with Crippen LogP contribution in [0.5, 0.6) is 0 Å². The summed E-state index contributed by atoms with van der Waals surface area (Å²) >= 11 is 0. The van der Waals surface area contributed by atoms with Crippen molar-refractivity contribution in [2.24, 2.45) is 34.5 Å². The second-order valence-electron chi connectivity index (χ2n) is 8.58. The highest BCUT2D eigenvalue weighted by atomic mass is 16.3. The van der Waals surface area contributed by atoms with Crippen molar-refractivity contribution >= 4 is 0 Å². The molecular weight excluding hydrogens is 268 g/mol. The third kappa shape index (κ3) is 1.77. The van der Waals surface area contributed by atoms with Gasteiger partial charge in [-0.25, -0.2) is 0 Å². The second kappa shape index (κ2) is 4.75. The molecule has 0 amide bonds. The molecule has 7 unspecified atom stereocenters. The van der Waals surface area contributed by atoms with Crippen LogP contribution in [0.1, 0.15) is 52.4 Å². The van der Waals surface area contributed by atoms with Crippen molar-refractivity contribution in [1.29, 1.82) is 0 Å². The van der Waals surface area contributed by atoms with Gasteiger partial charge in [-0.1, -0.05) is 37.6 Å². The van der Waals surface area contributed by atoms with E-state index in [2.05, 4.69) is 31.9 Å². The molecule has 3 saturated carbocycles. The van der Waals surface area contributed by atoms with Crippen LogP contribution < -0.4 is 0 Å². The van der Waals surface area contributed by atoms with Gasteiger partial charge >= 0.3 is 0 Å². The molecule has 1 N–H and O–H groups in total. The van der Waals surface area contributed by atoms with E-state index in [-0.39, 0.29) is 11.5 Å². The quantitative estimate of drug-likeness (QED) is 0.521. The number of fused-ring (bicyclic) bond motifs is 5. The number of hydrogen-bond donors (Lipinski definition) is 1. The van der Waals surface area contributed by atoms with Gasteiger partial charge in [0.15, 0.2) is 0 Å². The average Bonchev–Trinajstić information content (AvgIpc) is 2.84. The maximum Gasteiger partial charge on any atom is 0.0905 e. The molecule has 0 radical (unpaired) electrons. The van der Waals surface area contributed by atoms with Crippen LogP contribution in [0.15, 0.2) is 23.8 Å². The van der Waals surface area contributed by atoms with Crippen LogP contribution in [0.2, 0.25) is 0 Å². The molecule has 0 spiro atoms. The molecule has 22 heavy (non-hydrogen) atoms. The fraction of sp³-hybridized carbons (Fsp3) is 0.714. The average molecular weight is 296 g/mol. The van der Waals surface area contributed by atoms with Crippen LogP contribution in [0, 0.1) is 46.8 Å². The largest absolute Gasteiger partial charge is 0.385 e. The smallest absolute Gasteiger partial charge is 0.0905 e. The molecule has 7 atom stereocenters. The van der Waals surface area contributed by atoms with Crippen LogP contribution >= 0.6 is 0 Å². The maximum absolute atomic E-state index is 9.93. The molecule has 4 rings (SSSR count). The Bertz CT molecular complexity index is 579. The van der Waals surface area contributed by atoms with Gasteiger partial charge in [0.2, 0.25) is 0 Å². The summed E-state index contributed by atoms with van der Waals surface area (Å²) in [5.41, 5.74) is 2.04. The van der Waals surface area contributed by atoms with Gasteiger partial charge in [0, 0.05) is 11.3 Å². The minimum Gasteiger partial charge on any atom is -0.385 e. The number of aliphatic hydroxyl groups is 1. The van der Waals surface area contributed by atoms with Gasteiger partial charge in [0.05, 0.1) is 6.10 Å². The first-order chi connectivity index (χ1) is 10.5. The predicted molar refractivity (Wildman–Crippen MR) is 89.9 cm³/mol. The summed E-state index contributed by atoms with van der Waals surface area (Å²) in [7, 11) is 0. The topological polar surface area (TPSA) is 20.2 Å². The standard InChI is InChI=1S/C21H28O/c1-4-14-6-8-18-17-7-5-15-13-16(22)9-11-21(15,3)19(17)10-12-20(14,18)2/h1,9,11,13-14,16-19,22H,5-8,10,12H2,2-3H3. The lowest BCUT2D eigenvalue weighted by molar-refractivity contribution is -0.0259. The van der Waals surface area contributed by atoms with Crippen molar-refractivity contribution < 1.29 is 5.11 Å². The second-order valence-corrected chi connectivity index (χ2v) is 8.58. The Kier molecular flexibility index (Phi) is 3.15. The van der Waals surface area contributed by atoms with E-state index in [9.17, 15) is 5.11 Å². The van der Waals surface area contributed by atoms with E-state index in [1.54, 1.807) is 0 Å².